The summed E-state index contributed by atoms with van der Waals surface area (Å²) >= 11 is 0. The fourth-order valence-electron chi connectivity index (χ4n) is 1.16. The molecule has 6 heteroatoms. The second kappa shape index (κ2) is 8.34. The van der Waals surface area contributed by atoms with Gasteiger partial charge in [0.05, 0.1) is 18.5 Å². The van der Waals surface area contributed by atoms with Crippen LogP contribution in [-0.2, 0) is 11.3 Å². The molecule has 0 atom stereocenters. The van der Waals surface area contributed by atoms with Crippen LogP contribution in [0.5, 0.6) is 0 Å². The van der Waals surface area contributed by atoms with Crippen molar-refractivity contribution in [2.45, 2.75) is 13.0 Å². The van der Waals surface area contributed by atoms with Gasteiger partial charge in [0.1, 0.15) is 0 Å². The van der Waals surface area contributed by atoms with Crippen LogP contribution in [0.2, 0.25) is 0 Å². The van der Waals surface area contributed by atoms with Crippen molar-refractivity contribution < 1.29 is 4.74 Å². The molecule has 0 spiro atoms. The van der Waals surface area contributed by atoms with Gasteiger partial charge in [-0.15, -0.1) is 0 Å². The number of rotatable bonds is 9. The van der Waals surface area contributed by atoms with Gasteiger partial charge in [0, 0.05) is 20.2 Å². The number of nitrogens with one attached hydrogen (secondary N) is 3. The van der Waals surface area contributed by atoms with E-state index in [0.717, 1.165) is 44.9 Å². The fourth-order valence-corrected chi connectivity index (χ4v) is 1.16. The molecule has 0 fully saturated rings. The van der Waals surface area contributed by atoms with E-state index < -0.39 is 0 Å². The molecule has 1 aromatic heterocycles. The van der Waals surface area contributed by atoms with Gasteiger partial charge in [0.25, 0.3) is 0 Å². The van der Waals surface area contributed by atoms with Crippen molar-refractivity contribution in [1.29, 1.82) is 0 Å². The number of aromatic amines is 1. The topological polar surface area (TPSA) is 74.9 Å². The van der Waals surface area contributed by atoms with Gasteiger partial charge >= 0.3 is 0 Å². The lowest BCUT2D eigenvalue weighted by Crippen LogP contribution is -2.24. The van der Waals surface area contributed by atoms with E-state index in [9.17, 15) is 0 Å². The first-order valence-electron chi connectivity index (χ1n) is 5.18. The number of nitrogens with zero attached hydrogens (tertiary/aromatic N) is 2. The Morgan fingerprint density at radius 2 is 2.20 bits per heavy atom. The number of hydrogen-bond acceptors (Lipinski definition) is 5. The van der Waals surface area contributed by atoms with E-state index in [1.54, 1.807) is 13.3 Å². The van der Waals surface area contributed by atoms with E-state index in [-0.39, 0.29) is 0 Å². The minimum absolute atomic E-state index is 0.770. The zero-order valence-electron chi connectivity index (χ0n) is 9.12. The number of hydrogen-bond donors (Lipinski definition) is 3. The highest BCUT2D eigenvalue weighted by Gasteiger charge is 1.94. The van der Waals surface area contributed by atoms with Crippen molar-refractivity contribution in [2.75, 3.05) is 33.4 Å². The molecular formula is C9H19N5O. The maximum Gasteiger partial charge on any atom is 0.0962 e. The minimum Gasteiger partial charge on any atom is -0.383 e. The largest absolute Gasteiger partial charge is 0.383 e. The molecule has 0 aliphatic rings. The van der Waals surface area contributed by atoms with Crippen LogP contribution in [0.15, 0.2) is 6.20 Å². The van der Waals surface area contributed by atoms with E-state index in [2.05, 4.69) is 26.0 Å². The quantitative estimate of drug-likeness (QED) is 0.483. The van der Waals surface area contributed by atoms with Crippen molar-refractivity contribution in [3.63, 3.8) is 0 Å². The molecule has 0 aliphatic heterocycles. The summed E-state index contributed by atoms with van der Waals surface area (Å²) in [5.41, 5.74) is 0.947. The number of H-pyrrole nitrogens is 1. The SMILES string of the molecule is COCCNCCCNCc1cn[nH]n1. The molecule has 1 heterocycles. The average molecular weight is 213 g/mol. The van der Waals surface area contributed by atoms with Gasteiger partial charge in [-0.1, -0.05) is 0 Å². The molecule has 0 bridgehead atoms. The Bertz CT molecular complexity index is 226. The van der Waals surface area contributed by atoms with Gasteiger partial charge in [0.2, 0.25) is 0 Å². The van der Waals surface area contributed by atoms with Gasteiger partial charge in [-0.25, -0.2) is 0 Å². The van der Waals surface area contributed by atoms with Crippen molar-refractivity contribution in [3.8, 4) is 0 Å². The molecule has 0 unspecified atom stereocenters. The molecule has 0 saturated heterocycles. The molecule has 0 radical (unpaired) electrons. The highest BCUT2D eigenvalue weighted by molar-refractivity contribution is 4.88. The Kier molecular flexibility index (Phi) is 6.72. The van der Waals surface area contributed by atoms with Crippen LogP contribution in [0, 0.1) is 0 Å². The molecular weight excluding hydrogens is 194 g/mol. The fraction of sp³-hybridized carbons (Fsp3) is 0.778. The summed E-state index contributed by atoms with van der Waals surface area (Å²) < 4.78 is 4.92. The molecule has 0 amide bonds. The van der Waals surface area contributed by atoms with E-state index in [4.69, 9.17) is 4.74 Å². The predicted molar refractivity (Wildman–Crippen MR) is 57.5 cm³/mol. The molecule has 3 N–H and O–H groups in total. The maximum absolute atomic E-state index is 4.92. The Morgan fingerprint density at radius 3 is 2.93 bits per heavy atom. The first-order chi connectivity index (χ1) is 7.43. The number of aromatic nitrogens is 3. The Balaban J connectivity index is 1.81. The summed E-state index contributed by atoms with van der Waals surface area (Å²) in [4.78, 5) is 0. The van der Waals surface area contributed by atoms with Crippen molar-refractivity contribution in [2.24, 2.45) is 0 Å². The summed E-state index contributed by atoms with van der Waals surface area (Å²) in [6.07, 6.45) is 2.82. The monoisotopic (exact) mass is 213 g/mol. The maximum atomic E-state index is 4.92. The second-order valence-electron chi connectivity index (χ2n) is 3.23. The van der Waals surface area contributed by atoms with Crippen molar-refractivity contribution in [3.05, 3.63) is 11.9 Å². The predicted octanol–water partition coefficient (Wildman–Crippen LogP) is -0.480. The summed E-state index contributed by atoms with van der Waals surface area (Å²) in [6.45, 7) is 4.45. The lowest BCUT2D eigenvalue weighted by Gasteiger charge is -2.04. The molecule has 0 saturated carbocycles. The first kappa shape index (κ1) is 12.1. The van der Waals surface area contributed by atoms with Crippen LogP contribution in [0.4, 0.5) is 0 Å². The van der Waals surface area contributed by atoms with E-state index in [0.29, 0.717) is 0 Å². The lowest BCUT2D eigenvalue weighted by atomic mass is 10.4. The third-order valence-electron chi connectivity index (χ3n) is 1.96. The van der Waals surface area contributed by atoms with Gasteiger partial charge in [0.15, 0.2) is 0 Å². The van der Waals surface area contributed by atoms with Crippen LogP contribution in [0.1, 0.15) is 12.1 Å². The van der Waals surface area contributed by atoms with Crippen molar-refractivity contribution >= 4 is 0 Å². The molecule has 1 aromatic rings. The summed E-state index contributed by atoms with van der Waals surface area (Å²) in [5, 5.41) is 16.8. The second-order valence-corrected chi connectivity index (χ2v) is 3.23. The smallest absolute Gasteiger partial charge is 0.0962 e. The van der Waals surface area contributed by atoms with Gasteiger partial charge in [-0.2, -0.15) is 15.4 Å². The molecule has 6 nitrogen and oxygen atoms in total. The number of methoxy groups -OCH3 is 1. The van der Waals surface area contributed by atoms with Crippen molar-refractivity contribution in [1.82, 2.24) is 26.0 Å². The van der Waals surface area contributed by atoms with Crippen LogP contribution in [-0.4, -0.2) is 48.8 Å². The van der Waals surface area contributed by atoms with Gasteiger partial charge in [-0.05, 0) is 19.5 Å². The summed E-state index contributed by atoms with van der Waals surface area (Å²) in [5.74, 6) is 0. The first-order valence-corrected chi connectivity index (χ1v) is 5.18. The average Bonchev–Trinajstić information content (AvgIpc) is 2.75. The summed E-state index contributed by atoms with van der Waals surface area (Å²) in [6, 6.07) is 0. The molecule has 86 valence electrons. The minimum atomic E-state index is 0.770. The third kappa shape index (κ3) is 6.16. The standard InChI is InChI=1S/C9H19N5O/c1-15-6-5-10-3-2-4-11-7-9-8-12-14-13-9/h8,10-11H,2-7H2,1H3,(H,12,13,14). The molecule has 0 aliphatic carbocycles. The molecule has 15 heavy (non-hydrogen) atoms. The van der Waals surface area contributed by atoms with Crippen LogP contribution in [0.25, 0.3) is 0 Å². The van der Waals surface area contributed by atoms with E-state index in [1.807, 2.05) is 0 Å². The Morgan fingerprint density at radius 1 is 1.33 bits per heavy atom. The highest BCUT2D eigenvalue weighted by Crippen LogP contribution is 1.86. The van der Waals surface area contributed by atoms with Gasteiger partial charge in [-0.3, -0.25) is 0 Å². The molecule has 0 aromatic carbocycles. The Hall–Kier alpha value is -0.980. The zero-order chi connectivity index (χ0) is 10.8. The third-order valence-corrected chi connectivity index (χ3v) is 1.96. The van der Waals surface area contributed by atoms with E-state index in [1.165, 1.54) is 0 Å². The van der Waals surface area contributed by atoms with Crippen LogP contribution < -0.4 is 10.6 Å². The molecule has 1 rings (SSSR count). The lowest BCUT2D eigenvalue weighted by molar-refractivity contribution is 0.199. The Labute approximate surface area is 89.8 Å². The number of ether oxygens (including phenoxy) is 1. The van der Waals surface area contributed by atoms with Gasteiger partial charge < -0.3 is 15.4 Å². The van der Waals surface area contributed by atoms with Crippen LogP contribution in [0.3, 0.4) is 0 Å². The van der Waals surface area contributed by atoms with Crippen LogP contribution >= 0.6 is 0 Å². The normalized spacial score (nSPS) is 10.7. The highest BCUT2D eigenvalue weighted by atomic mass is 16.5. The summed E-state index contributed by atoms with van der Waals surface area (Å²) in [7, 11) is 1.71. The zero-order valence-corrected chi connectivity index (χ0v) is 9.12. The van der Waals surface area contributed by atoms with E-state index >= 15 is 0 Å².